The number of nitrogens with zero attached hydrogens (tertiary/aromatic N) is 4. The van der Waals surface area contributed by atoms with Gasteiger partial charge >= 0.3 is 6.18 Å². The fourth-order valence-electron chi connectivity index (χ4n) is 2.74. The molecule has 0 aliphatic carbocycles. The maximum absolute atomic E-state index is 12.9. The van der Waals surface area contributed by atoms with Gasteiger partial charge in [0.1, 0.15) is 5.82 Å². The monoisotopic (exact) mass is 384 g/mol. The minimum Gasteiger partial charge on any atom is -0.315 e. The van der Waals surface area contributed by atoms with Crippen LogP contribution in [0.4, 0.5) is 13.2 Å². The molecule has 3 rings (SSSR count). The molecule has 2 aromatic heterocycles. The fourth-order valence-corrected chi connectivity index (χ4v) is 2.87. The Balaban J connectivity index is 2.13. The summed E-state index contributed by atoms with van der Waals surface area (Å²) in [4.78, 5) is 21.5. The van der Waals surface area contributed by atoms with Crippen molar-refractivity contribution in [2.45, 2.75) is 38.9 Å². The van der Waals surface area contributed by atoms with Crippen molar-refractivity contribution in [3.8, 4) is 5.69 Å². The Hall–Kier alpha value is -2.35. The van der Waals surface area contributed by atoms with Crippen LogP contribution in [0.1, 0.15) is 25.6 Å². The van der Waals surface area contributed by atoms with Gasteiger partial charge in [-0.15, -0.1) is 0 Å². The molecule has 1 aromatic carbocycles. The molecule has 0 bridgehead atoms. The average molecular weight is 385 g/mol. The molecule has 0 aliphatic rings. The second kappa shape index (κ2) is 7.11. The molecular formula is C17H16ClF3N4O. The largest absolute Gasteiger partial charge is 0.389 e. The topological polar surface area (TPSA) is 52.7 Å². The highest BCUT2D eigenvalue weighted by Crippen LogP contribution is 2.23. The highest BCUT2D eigenvalue weighted by molar-refractivity contribution is 6.30. The van der Waals surface area contributed by atoms with Crippen molar-refractivity contribution in [3.63, 3.8) is 0 Å². The van der Waals surface area contributed by atoms with Gasteiger partial charge in [0.2, 0.25) is 0 Å². The molecule has 0 aliphatic heterocycles. The summed E-state index contributed by atoms with van der Waals surface area (Å²) in [5.74, 6) is 0.268. The number of aromatic nitrogens is 4. The summed E-state index contributed by atoms with van der Waals surface area (Å²) in [5, 5.41) is 0.490. The zero-order valence-electron chi connectivity index (χ0n) is 13.9. The van der Waals surface area contributed by atoms with Gasteiger partial charge in [0, 0.05) is 24.4 Å². The van der Waals surface area contributed by atoms with E-state index in [1.54, 1.807) is 28.8 Å². The van der Waals surface area contributed by atoms with E-state index in [-0.39, 0.29) is 24.2 Å². The van der Waals surface area contributed by atoms with Crippen LogP contribution in [0.25, 0.3) is 16.9 Å². The lowest BCUT2D eigenvalue weighted by Gasteiger charge is -2.13. The van der Waals surface area contributed by atoms with Crippen LogP contribution in [-0.2, 0) is 13.0 Å². The van der Waals surface area contributed by atoms with Gasteiger partial charge in [0.05, 0.1) is 12.0 Å². The molecule has 0 saturated carbocycles. The minimum atomic E-state index is -4.25. The molecule has 138 valence electrons. The minimum absolute atomic E-state index is 0.0161. The van der Waals surface area contributed by atoms with Crippen LogP contribution in [0.2, 0.25) is 5.02 Å². The quantitative estimate of drug-likeness (QED) is 0.664. The highest BCUT2D eigenvalue weighted by atomic mass is 35.5. The summed E-state index contributed by atoms with van der Waals surface area (Å²) in [6, 6.07) is 6.47. The van der Waals surface area contributed by atoms with Crippen molar-refractivity contribution in [3.05, 3.63) is 51.8 Å². The normalized spacial score (nSPS) is 12.0. The van der Waals surface area contributed by atoms with E-state index in [4.69, 9.17) is 11.6 Å². The number of hydrogen-bond donors (Lipinski definition) is 0. The first-order valence-electron chi connectivity index (χ1n) is 8.09. The Labute approximate surface area is 152 Å². The van der Waals surface area contributed by atoms with Gasteiger partial charge < -0.3 is 4.57 Å². The van der Waals surface area contributed by atoms with E-state index < -0.39 is 18.2 Å². The molecule has 0 spiro atoms. The summed E-state index contributed by atoms with van der Waals surface area (Å²) in [7, 11) is 0. The number of halogens is 4. The van der Waals surface area contributed by atoms with Crippen molar-refractivity contribution < 1.29 is 13.2 Å². The van der Waals surface area contributed by atoms with Crippen LogP contribution in [-0.4, -0.2) is 25.3 Å². The van der Waals surface area contributed by atoms with Gasteiger partial charge in [-0.2, -0.15) is 13.2 Å². The molecule has 3 aromatic rings. The van der Waals surface area contributed by atoms with E-state index >= 15 is 0 Å². The number of alkyl halides is 3. The smallest absolute Gasteiger partial charge is 0.315 e. The molecule has 0 radical (unpaired) electrons. The van der Waals surface area contributed by atoms with Gasteiger partial charge in [-0.1, -0.05) is 11.6 Å². The first kappa shape index (κ1) is 18.4. The Bertz CT molecular complexity index is 977. The molecule has 0 N–H and O–H groups in total. The van der Waals surface area contributed by atoms with Gasteiger partial charge in [0.25, 0.3) is 5.56 Å². The van der Waals surface area contributed by atoms with Gasteiger partial charge in [-0.25, -0.2) is 9.97 Å². The lowest BCUT2D eigenvalue weighted by Crippen LogP contribution is -2.25. The van der Waals surface area contributed by atoms with E-state index in [0.717, 1.165) is 0 Å². The number of benzene rings is 1. The van der Waals surface area contributed by atoms with E-state index in [2.05, 4.69) is 9.97 Å². The van der Waals surface area contributed by atoms with Gasteiger partial charge in [0.15, 0.2) is 11.2 Å². The maximum Gasteiger partial charge on any atom is 0.389 e. The number of imidazole rings is 1. The molecule has 0 fully saturated rings. The Kier molecular flexibility index (Phi) is 5.04. The summed E-state index contributed by atoms with van der Waals surface area (Å²) in [5.41, 5.74) is 0.638. The summed E-state index contributed by atoms with van der Waals surface area (Å²) in [6.45, 7) is 2.42. The fraction of sp³-hybridized carbons (Fsp3) is 0.353. The highest BCUT2D eigenvalue weighted by Gasteiger charge is 2.27. The first-order valence-corrected chi connectivity index (χ1v) is 8.47. The van der Waals surface area contributed by atoms with Crippen LogP contribution >= 0.6 is 11.6 Å². The van der Waals surface area contributed by atoms with Crippen LogP contribution in [0.5, 0.6) is 0 Å². The van der Waals surface area contributed by atoms with Crippen molar-refractivity contribution in [2.75, 3.05) is 0 Å². The SMILES string of the molecule is CCn1cnc2c(=O)n(-c3ccc(Cl)cc3)c(CCCC(F)(F)F)nc21. The molecular weight excluding hydrogens is 369 g/mol. The van der Waals surface area contributed by atoms with E-state index in [0.29, 0.717) is 22.9 Å². The molecule has 0 saturated heterocycles. The molecule has 0 atom stereocenters. The molecule has 9 heteroatoms. The maximum atomic E-state index is 12.9. The number of fused-ring (bicyclic) bond motifs is 1. The molecule has 5 nitrogen and oxygen atoms in total. The molecule has 0 unspecified atom stereocenters. The third-order valence-electron chi connectivity index (χ3n) is 3.99. The van der Waals surface area contributed by atoms with Gasteiger partial charge in [-0.3, -0.25) is 9.36 Å². The van der Waals surface area contributed by atoms with Crippen LogP contribution < -0.4 is 5.56 Å². The van der Waals surface area contributed by atoms with Crippen molar-refractivity contribution in [1.82, 2.24) is 19.1 Å². The second-order valence-electron chi connectivity index (χ2n) is 5.82. The van der Waals surface area contributed by atoms with E-state index in [1.165, 1.54) is 10.9 Å². The van der Waals surface area contributed by atoms with E-state index in [1.807, 2.05) is 6.92 Å². The third-order valence-corrected chi connectivity index (χ3v) is 4.25. The Morgan fingerprint density at radius 2 is 1.88 bits per heavy atom. The Morgan fingerprint density at radius 1 is 1.19 bits per heavy atom. The summed E-state index contributed by atoms with van der Waals surface area (Å²) in [6.07, 6.45) is -3.82. The molecule has 2 heterocycles. The Morgan fingerprint density at radius 3 is 2.50 bits per heavy atom. The number of hydrogen-bond acceptors (Lipinski definition) is 3. The van der Waals surface area contributed by atoms with E-state index in [9.17, 15) is 18.0 Å². The van der Waals surface area contributed by atoms with Crippen LogP contribution in [0, 0.1) is 0 Å². The molecule has 0 amide bonds. The zero-order valence-corrected chi connectivity index (χ0v) is 14.7. The summed E-state index contributed by atoms with van der Waals surface area (Å²) < 4.78 is 40.5. The second-order valence-corrected chi connectivity index (χ2v) is 6.25. The predicted molar refractivity (Wildman–Crippen MR) is 92.8 cm³/mol. The lowest BCUT2D eigenvalue weighted by molar-refractivity contribution is -0.135. The average Bonchev–Trinajstić information content (AvgIpc) is 2.98. The number of rotatable bonds is 5. The van der Waals surface area contributed by atoms with Crippen LogP contribution in [0.3, 0.4) is 0 Å². The third kappa shape index (κ3) is 3.75. The summed E-state index contributed by atoms with van der Waals surface area (Å²) >= 11 is 5.89. The van der Waals surface area contributed by atoms with Crippen molar-refractivity contribution in [2.24, 2.45) is 0 Å². The molecule has 26 heavy (non-hydrogen) atoms. The number of aryl methyl sites for hydroxylation is 2. The van der Waals surface area contributed by atoms with Gasteiger partial charge in [-0.05, 0) is 37.6 Å². The van der Waals surface area contributed by atoms with Crippen molar-refractivity contribution >= 4 is 22.8 Å². The lowest BCUT2D eigenvalue weighted by atomic mass is 10.2. The van der Waals surface area contributed by atoms with Crippen molar-refractivity contribution in [1.29, 1.82) is 0 Å². The zero-order chi connectivity index (χ0) is 18.9. The standard InChI is InChI=1S/C17H16ClF3N4O/c1-2-24-10-22-14-15(24)23-13(4-3-9-17(19,20)21)25(16(14)26)12-7-5-11(18)6-8-12/h5-8,10H,2-4,9H2,1H3. The first-order chi connectivity index (χ1) is 12.3. The van der Waals surface area contributed by atoms with Crippen LogP contribution in [0.15, 0.2) is 35.4 Å². The predicted octanol–water partition coefficient (Wildman–Crippen LogP) is 4.14.